The summed E-state index contributed by atoms with van der Waals surface area (Å²) in [5.74, 6) is 11.4. The predicted molar refractivity (Wildman–Crippen MR) is 183 cm³/mol. The lowest BCUT2D eigenvalue weighted by Crippen LogP contribution is -2.16. The number of benzene rings is 2. The summed E-state index contributed by atoms with van der Waals surface area (Å²) in [5.41, 5.74) is 12.9. The maximum Gasteiger partial charge on any atom is 0.211 e. The van der Waals surface area contributed by atoms with Gasteiger partial charge in [0.2, 0.25) is 6.41 Å². The molecule has 0 atom stereocenters. The van der Waals surface area contributed by atoms with Gasteiger partial charge in [0.05, 0.1) is 0 Å². The van der Waals surface area contributed by atoms with E-state index in [0.29, 0.717) is 0 Å². The summed E-state index contributed by atoms with van der Waals surface area (Å²) in [4.78, 5) is 11.4. The van der Waals surface area contributed by atoms with Crippen molar-refractivity contribution in [3.8, 4) is 23.3 Å². The van der Waals surface area contributed by atoms with Crippen LogP contribution in [0.5, 0.6) is 0 Å². The first-order valence-corrected chi connectivity index (χ1v) is 19.6. The van der Waals surface area contributed by atoms with Crippen LogP contribution >= 0.6 is 0 Å². The molecule has 2 aromatic rings. The minimum Gasteiger partial charge on any atom is -0.328 e. The standard InChI is InChI=1S/C38H55NOSi/c1-10-12-14-16-18-32-27-35(22-23-41(7,8)9)33(19-17-15-13-11-2)26-34(32)21-20-31-24-36(29(3)4)38(39-28-40)37(25-31)30(5)6/h24-30H,10-19H2,1-9H3,(H,39,40). The summed E-state index contributed by atoms with van der Waals surface area (Å²) in [7, 11) is -1.49. The van der Waals surface area contributed by atoms with Crippen LogP contribution in [0, 0.1) is 23.3 Å². The largest absolute Gasteiger partial charge is 0.328 e. The second-order valence-electron chi connectivity index (χ2n) is 13.1. The van der Waals surface area contributed by atoms with Gasteiger partial charge < -0.3 is 5.32 Å². The lowest BCUT2D eigenvalue weighted by atomic mass is 9.90. The van der Waals surface area contributed by atoms with Crippen molar-refractivity contribution < 1.29 is 4.79 Å². The first kappa shape index (κ1) is 34.4. The second-order valence-corrected chi connectivity index (χ2v) is 17.9. The molecule has 3 heteroatoms. The van der Waals surface area contributed by atoms with Crippen LogP contribution < -0.4 is 5.32 Å². The number of aryl methyl sites for hydroxylation is 2. The number of amides is 1. The Kier molecular flexibility index (Phi) is 14.5. The Morgan fingerprint density at radius 3 is 1.61 bits per heavy atom. The van der Waals surface area contributed by atoms with E-state index in [2.05, 4.69) is 114 Å². The summed E-state index contributed by atoms with van der Waals surface area (Å²) in [6.07, 6.45) is 12.8. The fourth-order valence-electron chi connectivity index (χ4n) is 5.11. The van der Waals surface area contributed by atoms with E-state index in [0.717, 1.165) is 47.2 Å². The molecule has 0 spiro atoms. The van der Waals surface area contributed by atoms with Gasteiger partial charge in [0.25, 0.3) is 0 Å². The average molecular weight is 570 g/mol. The van der Waals surface area contributed by atoms with Gasteiger partial charge >= 0.3 is 0 Å². The van der Waals surface area contributed by atoms with Crippen LogP contribution in [0.2, 0.25) is 19.6 Å². The lowest BCUT2D eigenvalue weighted by Gasteiger charge is -2.19. The van der Waals surface area contributed by atoms with Gasteiger partial charge in [0.1, 0.15) is 8.07 Å². The second kappa shape index (κ2) is 17.3. The molecule has 0 heterocycles. The number of carbonyl (C=O) groups excluding carboxylic acids is 1. The molecule has 0 unspecified atom stereocenters. The van der Waals surface area contributed by atoms with Crippen molar-refractivity contribution in [2.24, 2.45) is 0 Å². The zero-order valence-electron chi connectivity index (χ0n) is 27.5. The number of rotatable bonds is 14. The number of anilines is 1. The van der Waals surface area contributed by atoms with Gasteiger partial charge in [-0.2, -0.15) is 0 Å². The van der Waals surface area contributed by atoms with Crippen molar-refractivity contribution >= 4 is 20.2 Å². The van der Waals surface area contributed by atoms with Crippen LogP contribution in [0.15, 0.2) is 24.3 Å². The topological polar surface area (TPSA) is 29.1 Å². The van der Waals surface area contributed by atoms with Crippen LogP contribution in [0.4, 0.5) is 5.69 Å². The van der Waals surface area contributed by atoms with Crippen molar-refractivity contribution in [3.05, 3.63) is 63.2 Å². The molecule has 2 aromatic carbocycles. The first-order valence-electron chi connectivity index (χ1n) is 16.1. The normalized spacial score (nSPS) is 11.2. The SMILES string of the molecule is CCCCCCc1cc(C#C[Si](C)(C)C)c(CCCCCC)cc1C#Cc1cc(C(C)C)c(NC=O)c(C(C)C)c1. The monoisotopic (exact) mass is 569 g/mol. The highest BCUT2D eigenvalue weighted by Crippen LogP contribution is 2.33. The Morgan fingerprint density at radius 1 is 0.707 bits per heavy atom. The molecule has 0 fully saturated rings. The van der Waals surface area contributed by atoms with E-state index in [1.165, 1.54) is 68.1 Å². The Balaban J connectivity index is 2.67. The summed E-state index contributed by atoms with van der Waals surface area (Å²) in [5, 5.41) is 2.98. The van der Waals surface area contributed by atoms with Crippen molar-refractivity contribution in [1.29, 1.82) is 0 Å². The third-order valence-electron chi connectivity index (χ3n) is 7.49. The predicted octanol–water partition coefficient (Wildman–Crippen LogP) is 10.4. The molecule has 2 nitrogen and oxygen atoms in total. The fraction of sp³-hybridized carbons (Fsp3) is 0.553. The van der Waals surface area contributed by atoms with Gasteiger partial charge in [-0.3, -0.25) is 4.79 Å². The minimum atomic E-state index is -1.49. The minimum absolute atomic E-state index is 0.282. The Morgan fingerprint density at radius 2 is 1.20 bits per heavy atom. The maximum atomic E-state index is 11.4. The number of hydrogen-bond acceptors (Lipinski definition) is 1. The molecule has 0 aromatic heterocycles. The zero-order chi connectivity index (χ0) is 30.4. The molecular formula is C38H55NOSi. The Labute approximate surface area is 253 Å². The number of nitrogens with one attached hydrogen (secondary N) is 1. The first-order chi connectivity index (χ1) is 19.5. The quantitative estimate of drug-likeness (QED) is 0.104. The van der Waals surface area contributed by atoms with Gasteiger partial charge in [-0.15, -0.1) is 5.54 Å². The fourth-order valence-corrected chi connectivity index (χ4v) is 5.62. The average Bonchev–Trinajstić information content (AvgIpc) is 2.91. The maximum absolute atomic E-state index is 11.4. The van der Waals surface area contributed by atoms with Crippen LogP contribution in [0.1, 0.15) is 144 Å². The van der Waals surface area contributed by atoms with Gasteiger partial charge in [0, 0.05) is 22.4 Å². The summed E-state index contributed by atoms with van der Waals surface area (Å²) < 4.78 is 0. The summed E-state index contributed by atoms with van der Waals surface area (Å²) in [6, 6.07) is 9.05. The molecule has 0 aliphatic carbocycles. The van der Waals surface area contributed by atoms with Crippen molar-refractivity contribution in [3.63, 3.8) is 0 Å². The molecule has 0 saturated heterocycles. The Bertz CT molecular complexity index is 1230. The molecular weight excluding hydrogens is 515 g/mol. The highest BCUT2D eigenvalue weighted by Gasteiger charge is 2.16. The molecule has 0 aliphatic rings. The molecule has 0 aliphatic heterocycles. The Hall–Kier alpha value is -2.75. The molecule has 1 amide bonds. The lowest BCUT2D eigenvalue weighted by molar-refractivity contribution is -0.105. The van der Waals surface area contributed by atoms with Gasteiger partial charge in [-0.05, 0) is 84.0 Å². The van der Waals surface area contributed by atoms with E-state index in [4.69, 9.17) is 0 Å². The van der Waals surface area contributed by atoms with Crippen LogP contribution in [-0.4, -0.2) is 14.5 Å². The van der Waals surface area contributed by atoms with Crippen LogP contribution in [0.3, 0.4) is 0 Å². The molecule has 1 N–H and O–H groups in total. The van der Waals surface area contributed by atoms with Crippen molar-refractivity contribution in [1.82, 2.24) is 0 Å². The molecule has 0 radical (unpaired) electrons. The van der Waals surface area contributed by atoms with E-state index < -0.39 is 8.07 Å². The van der Waals surface area contributed by atoms with E-state index >= 15 is 0 Å². The van der Waals surface area contributed by atoms with E-state index in [-0.39, 0.29) is 11.8 Å². The van der Waals surface area contributed by atoms with E-state index in [9.17, 15) is 4.79 Å². The van der Waals surface area contributed by atoms with Crippen LogP contribution in [0.25, 0.3) is 0 Å². The highest BCUT2D eigenvalue weighted by molar-refractivity contribution is 6.83. The summed E-state index contributed by atoms with van der Waals surface area (Å²) in [6.45, 7) is 20.2. The molecule has 2 rings (SSSR count). The highest BCUT2D eigenvalue weighted by atomic mass is 28.3. The molecule has 222 valence electrons. The van der Waals surface area contributed by atoms with Crippen molar-refractivity contribution in [2.75, 3.05) is 5.32 Å². The number of hydrogen-bond donors (Lipinski definition) is 1. The zero-order valence-corrected chi connectivity index (χ0v) is 28.5. The van der Waals surface area contributed by atoms with E-state index in [1.807, 2.05) is 0 Å². The third-order valence-corrected chi connectivity index (χ3v) is 8.36. The number of carbonyl (C=O) groups is 1. The van der Waals surface area contributed by atoms with Gasteiger partial charge in [0.15, 0.2) is 0 Å². The smallest absolute Gasteiger partial charge is 0.211 e. The van der Waals surface area contributed by atoms with E-state index in [1.54, 1.807) is 0 Å². The van der Waals surface area contributed by atoms with Gasteiger partial charge in [-0.25, -0.2) is 0 Å². The van der Waals surface area contributed by atoms with Crippen LogP contribution in [-0.2, 0) is 17.6 Å². The summed E-state index contributed by atoms with van der Waals surface area (Å²) >= 11 is 0. The molecule has 41 heavy (non-hydrogen) atoms. The number of unbranched alkanes of at least 4 members (excludes halogenated alkanes) is 6. The molecule has 0 bridgehead atoms. The van der Waals surface area contributed by atoms with Crippen molar-refractivity contribution in [2.45, 2.75) is 137 Å². The van der Waals surface area contributed by atoms with Gasteiger partial charge in [-0.1, -0.05) is 117 Å². The third kappa shape index (κ3) is 11.6. The molecule has 0 saturated carbocycles.